The summed E-state index contributed by atoms with van der Waals surface area (Å²) in [5.41, 5.74) is 2.40. The van der Waals surface area contributed by atoms with Crippen molar-refractivity contribution in [1.82, 2.24) is 4.90 Å². The van der Waals surface area contributed by atoms with E-state index in [2.05, 4.69) is 64.9 Å². The lowest BCUT2D eigenvalue weighted by atomic mass is 10.2. The van der Waals surface area contributed by atoms with Crippen LogP contribution in [0.4, 0.5) is 5.69 Å². The predicted octanol–water partition coefficient (Wildman–Crippen LogP) is 3.97. The molecule has 0 unspecified atom stereocenters. The number of halogens is 2. The van der Waals surface area contributed by atoms with Crippen LogP contribution < -0.4 is 4.90 Å². The van der Waals surface area contributed by atoms with Gasteiger partial charge in [-0.25, -0.2) is 0 Å². The quantitative estimate of drug-likeness (QED) is 0.697. The van der Waals surface area contributed by atoms with Gasteiger partial charge in [-0.2, -0.15) is 0 Å². The van der Waals surface area contributed by atoms with E-state index < -0.39 is 0 Å². The van der Waals surface area contributed by atoms with Gasteiger partial charge >= 0.3 is 0 Å². The van der Waals surface area contributed by atoms with Gasteiger partial charge in [0.25, 0.3) is 0 Å². The predicted molar refractivity (Wildman–Crippen MR) is 84.8 cm³/mol. The topological polar surface area (TPSA) is 6.48 Å². The van der Waals surface area contributed by atoms with Crippen molar-refractivity contribution in [3.8, 4) is 0 Å². The Labute approximate surface area is 124 Å². The Morgan fingerprint density at radius 3 is 2.44 bits per heavy atom. The molecule has 2 nitrogen and oxygen atoms in total. The summed E-state index contributed by atoms with van der Waals surface area (Å²) < 4.78 is 1.13. The van der Waals surface area contributed by atoms with Gasteiger partial charge in [-0.15, -0.1) is 11.6 Å². The maximum atomic E-state index is 5.84. The first-order valence-electron chi connectivity index (χ1n) is 6.32. The summed E-state index contributed by atoms with van der Waals surface area (Å²) in [5, 5.41) is 0. The minimum absolute atomic E-state index is 0.561. The number of rotatable bonds is 7. The molecule has 0 N–H and O–H groups in total. The van der Waals surface area contributed by atoms with Crippen molar-refractivity contribution in [3.63, 3.8) is 0 Å². The molecular weight excluding hydrogens is 312 g/mol. The summed E-state index contributed by atoms with van der Waals surface area (Å²) in [6.07, 6.45) is 1.17. The van der Waals surface area contributed by atoms with Crippen molar-refractivity contribution in [2.24, 2.45) is 0 Å². The molecule has 0 radical (unpaired) electrons. The molecule has 1 aromatic carbocycles. The van der Waals surface area contributed by atoms with Crippen LogP contribution in [0.2, 0.25) is 0 Å². The molecule has 0 amide bonds. The van der Waals surface area contributed by atoms with Crippen LogP contribution in [0.5, 0.6) is 0 Å². The molecule has 4 heteroatoms. The van der Waals surface area contributed by atoms with Crippen molar-refractivity contribution >= 4 is 33.2 Å². The molecule has 0 bridgehead atoms. The van der Waals surface area contributed by atoms with Crippen LogP contribution >= 0.6 is 27.5 Å². The first-order chi connectivity index (χ1) is 8.58. The zero-order valence-corrected chi connectivity index (χ0v) is 13.8. The van der Waals surface area contributed by atoms with Crippen LogP contribution in [0.25, 0.3) is 0 Å². The number of alkyl halides is 1. The molecule has 0 saturated heterocycles. The Bertz CT molecular complexity index is 369. The average molecular weight is 334 g/mol. The van der Waals surface area contributed by atoms with Gasteiger partial charge in [0.1, 0.15) is 0 Å². The van der Waals surface area contributed by atoms with E-state index >= 15 is 0 Å². The Hall–Kier alpha value is -0.250. The summed E-state index contributed by atoms with van der Waals surface area (Å²) in [5.74, 6) is 0.561. The SMILES string of the molecule is CCN(CCCN(C)C)c1ccc(CCl)cc1Br. The number of nitrogens with zero attached hydrogens (tertiary/aromatic N) is 2. The highest BCUT2D eigenvalue weighted by molar-refractivity contribution is 9.10. The molecule has 0 aliphatic heterocycles. The second-order valence-electron chi connectivity index (χ2n) is 4.66. The molecule has 1 rings (SSSR count). The van der Waals surface area contributed by atoms with Gasteiger partial charge < -0.3 is 9.80 Å². The van der Waals surface area contributed by atoms with Gasteiger partial charge in [0.05, 0.1) is 5.69 Å². The fourth-order valence-electron chi connectivity index (χ4n) is 1.92. The molecule has 18 heavy (non-hydrogen) atoms. The standard InChI is InChI=1S/C14H22BrClN2/c1-4-18(9-5-8-17(2)3)14-7-6-12(11-16)10-13(14)15/h6-7,10H,4-5,8-9,11H2,1-3H3. The van der Waals surface area contributed by atoms with E-state index in [0.29, 0.717) is 5.88 Å². The average Bonchev–Trinajstić information content (AvgIpc) is 2.35. The van der Waals surface area contributed by atoms with Crippen LogP contribution in [0.3, 0.4) is 0 Å². The third kappa shape index (κ3) is 4.79. The van der Waals surface area contributed by atoms with Gasteiger partial charge in [-0.05, 0) is 67.6 Å². The Kier molecular flexibility index (Phi) is 7.05. The van der Waals surface area contributed by atoms with Crippen molar-refractivity contribution in [1.29, 1.82) is 0 Å². The summed E-state index contributed by atoms with van der Waals surface area (Å²) >= 11 is 9.48. The van der Waals surface area contributed by atoms with Gasteiger partial charge in [-0.1, -0.05) is 6.07 Å². The van der Waals surface area contributed by atoms with Gasteiger partial charge in [0.15, 0.2) is 0 Å². The molecule has 0 atom stereocenters. The molecule has 0 aliphatic carbocycles. The zero-order valence-electron chi connectivity index (χ0n) is 11.4. The molecule has 0 heterocycles. The second-order valence-corrected chi connectivity index (χ2v) is 5.78. The van der Waals surface area contributed by atoms with Crippen LogP contribution in [-0.2, 0) is 5.88 Å². The van der Waals surface area contributed by atoms with Crippen molar-refractivity contribution < 1.29 is 0 Å². The highest BCUT2D eigenvalue weighted by Gasteiger charge is 2.08. The van der Waals surface area contributed by atoms with E-state index in [1.165, 1.54) is 12.1 Å². The first-order valence-corrected chi connectivity index (χ1v) is 7.65. The minimum Gasteiger partial charge on any atom is -0.371 e. The maximum Gasteiger partial charge on any atom is 0.0510 e. The van der Waals surface area contributed by atoms with E-state index in [0.717, 1.165) is 29.7 Å². The fraction of sp³-hybridized carbons (Fsp3) is 0.571. The monoisotopic (exact) mass is 332 g/mol. The zero-order chi connectivity index (χ0) is 13.5. The lowest BCUT2D eigenvalue weighted by Gasteiger charge is -2.25. The molecule has 0 spiro atoms. The summed E-state index contributed by atoms with van der Waals surface area (Å²) in [7, 11) is 4.23. The van der Waals surface area contributed by atoms with Crippen molar-refractivity contribution in [2.75, 3.05) is 38.6 Å². The fourth-order valence-corrected chi connectivity index (χ4v) is 2.76. The molecule has 0 saturated carbocycles. The van der Waals surface area contributed by atoms with Crippen LogP contribution in [-0.4, -0.2) is 38.6 Å². The Morgan fingerprint density at radius 2 is 1.94 bits per heavy atom. The first kappa shape index (κ1) is 15.8. The van der Waals surface area contributed by atoms with Crippen LogP contribution in [0, 0.1) is 0 Å². The molecule has 1 aromatic rings. The lowest BCUT2D eigenvalue weighted by Crippen LogP contribution is -2.27. The Balaban J connectivity index is 2.69. The molecule has 0 fully saturated rings. The van der Waals surface area contributed by atoms with Crippen molar-refractivity contribution in [2.45, 2.75) is 19.2 Å². The Morgan fingerprint density at radius 1 is 1.22 bits per heavy atom. The second kappa shape index (κ2) is 8.03. The maximum absolute atomic E-state index is 5.84. The van der Waals surface area contributed by atoms with Crippen LogP contribution in [0.1, 0.15) is 18.9 Å². The van der Waals surface area contributed by atoms with Crippen LogP contribution in [0.15, 0.2) is 22.7 Å². The number of hydrogen-bond donors (Lipinski definition) is 0. The largest absolute Gasteiger partial charge is 0.371 e. The summed E-state index contributed by atoms with van der Waals surface area (Å²) in [6, 6.07) is 6.36. The number of benzene rings is 1. The molecule has 0 aliphatic rings. The number of hydrogen-bond acceptors (Lipinski definition) is 2. The summed E-state index contributed by atoms with van der Waals surface area (Å²) in [6.45, 7) is 5.41. The molecular formula is C14H22BrClN2. The lowest BCUT2D eigenvalue weighted by molar-refractivity contribution is 0.400. The third-order valence-electron chi connectivity index (χ3n) is 2.92. The van der Waals surface area contributed by atoms with E-state index in [-0.39, 0.29) is 0 Å². The summed E-state index contributed by atoms with van der Waals surface area (Å²) in [4.78, 5) is 4.62. The highest BCUT2D eigenvalue weighted by Crippen LogP contribution is 2.28. The normalized spacial score (nSPS) is 11.0. The van der Waals surface area contributed by atoms with Gasteiger partial charge in [0.2, 0.25) is 0 Å². The highest BCUT2D eigenvalue weighted by atomic mass is 79.9. The van der Waals surface area contributed by atoms with E-state index in [1.54, 1.807) is 0 Å². The van der Waals surface area contributed by atoms with E-state index in [9.17, 15) is 0 Å². The smallest absolute Gasteiger partial charge is 0.0510 e. The molecule has 102 valence electrons. The molecule has 0 aromatic heterocycles. The van der Waals surface area contributed by atoms with E-state index in [1.807, 2.05) is 0 Å². The minimum atomic E-state index is 0.561. The number of anilines is 1. The third-order valence-corrected chi connectivity index (χ3v) is 3.87. The van der Waals surface area contributed by atoms with E-state index in [4.69, 9.17) is 11.6 Å². The van der Waals surface area contributed by atoms with Gasteiger partial charge in [0, 0.05) is 23.4 Å². The van der Waals surface area contributed by atoms with Gasteiger partial charge in [-0.3, -0.25) is 0 Å². The van der Waals surface area contributed by atoms with Crippen molar-refractivity contribution in [3.05, 3.63) is 28.2 Å².